The predicted molar refractivity (Wildman–Crippen MR) is 81.7 cm³/mol. The molecule has 2 unspecified atom stereocenters. The lowest BCUT2D eigenvalue weighted by Gasteiger charge is -2.34. The summed E-state index contributed by atoms with van der Waals surface area (Å²) in [6, 6.07) is 0.230. The summed E-state index contributed by atoms with van der Waals surface area (Å²) in [6.07, 6.45) is 4.89. The van der Waals surface area contributed by atoms with Crippen molar-refractivity contribution in [2.24, 2.45) is 5.92 Å². The SMILES string of the molecule is CN(C(=O)C1C=CC(C(C)(O)C(F)(F)F)=CC1)C1CCCCC1. The number of aliphatic hydroxyl groups is 1. The van der Waals surface area contributed by atoms with E-state index in [-0.39, 0.29) is 23.9 Å². The van der Waals surface area contributed by atoms with Crippen LogP contribution >= 0.6 is 0 Å². The highest BCUT2D eigenvalue weighted by atomic mass is 19.4. The minimum absolute atomic E-state index is 0.0601. The molecular formula is C17H24F3NO2. The molecular weight excluding hydrogens is 307 g/mol. The molecule has 2 aliphatic rings. The van der Waals surface area contributed by atoms with E-state index in [4.69, 9.17) is 0 Å². The van der Waals surface area contributed by atoms with Gasteiger partial charge in [0.2, 0.25) is 5.91 Å². The van der Waals surface area contributed by atoms with Crippen LogP contribution in [0.25, 0.3) is 0 Å². The van der Waals surface area contributed by atoms with E-state index >= 15 is 0 Å². The molecule has 130 valence electrons. The van der Waals surface area contributed by atoms with Crippen LogP contribution < -0.4 is 0 Å². The van der Waals surface area contributed by atoms with Crippen LogP contribution in [0.3, 0.4) is 0 Å². The highest BCUT2D eigenvalue weighted by molar-refractivity contribution is 5.81. The molecule has 1 saturated carbocycles. The topological polar surface area (TPSA) is 40.5 Å². The van der Waals surface area contributed by atoms with E-state index in [0.29, 0.717) is 0 Å². The van der Waals surface area contributed by atoms with Gasteiger partial charge in [0.25, 0.3) is 0 Å². The molecule has 0 aromatic carbocycles. The van der Waals surface area contributed by atoms with Crippen molar-refractivity contribution in [1.29, 1.82) is 0 Å². The third kappa shape index (κ3) is 3.79. The van der Waals surface area contributed by atoms with Gasteiger partial charge in [-0.3, -0.25) is 4.79 Å². The molecule has 2 rings (SSSR count). The molecule has 0 saturated heterocycles. The van der Waals surface area contributed by atoms with Crippen LogP contribution in [0, 0.1) is 5.92 Å². The summed E-state index contributed by atoms with van der Waals surface area (Å²) in [5.41, 5.74) is -3.08. The van der Waals surface area contributed by atoms with E-state index in [1.165, 1.54) is 24.6 Å². The van der Waals surface area contributed by atoms with Gasteiger partial charge in [-0.1, -0.05) is 37.5 Å². The fraction of sp³-hybridized carbons (Fsp3) is 0.706. The number of hydrogen-bond donors (Lipinski definition) is 1. The number of alkyl halides is 3. The Bertz CT molecular complexity index is 502. The maximum Gasteiger partial charge on any atom is 0.421 e. The number of halogens is 3. The third-order valence-electron chi connectivity index (χ3n) is 5.00. The monoisotopic (exact) mass is 331 g/mol. The Balaban J connectivity index is 2.01. The second-order valence-corrected chi connectivity index (χ2v) is 6.67. The number of amides is 1. The molecule has 0 aromatic rings. The average Bonchev–Trinajstić information content (AvgIpc) is 2.53. The van der Waals surface area contributed by atoms with Crippen LogP contribution in [-0.2, 0) is 4.79 Å². The Morgan fingerprint density at radius 3 is 2.35 bits per heavy atom. The molecule has 0 aliphatic heterocycles. The largest absolute Gasteiger partial charge is 0.421 e. The highest BCUT2D eigenvalue weighted by Gasteiger charge is 2.52. The first-order valence-electron chi connectivity index (χ1n) is 8.09. The maximum atomic E-state index is 12.8. The van der Waals surface area contributed by atoms with Crippen LogP contribution in [0.5, 0.6) is 0 Å². The molecule has 0 spiro atoms. The molecule has 1 N–H and O–H groups in total. The predicted octanol–water partition coefficient (Wildman–Crippen LogP) is 3.59. The third-order valence-corrected chi connectivity index (χ3v) is 5.00. The van der Waals surface area contributed by atoms with Crippen molar-refractivity contribution in [3.8, 4) is 0 Å². The summed E-state index contributed by atoms with van der Waals surface area (Å²) in [4.78, 5) is 14.3. The van der Waals surface area contributed by atoms with Gasteiger partial charge in [0.1, 0.15) is 0 Å². The van der Waals surface area contributed by atoms with Crippen molar-refractivity contribution in [2.45, 2.75) is 63.3 Å². The summed E-state index contributed by atoms with van der Waals surface area (Å²) < 4.78 is 38.5. The number of allylic oxidation sites excluding steroid dienone is 1. The molecule has 23 heavy (non-hydrogen) atoms. The lowest BCUT2D eigenvalue weighted by atomic mass is 9.86. The summed E-state index contributed by atoms with van der Waals surface area (Å²) >= 11 is 0. The Kier molecular flexibility index (Phi) is 5.23. The Hall–Kier alpha value is -1.30. The van der Waals surface area contributed by atoms with E-state index in [9.17, 15) is 23.1 Å². The molecule has 1 amide bonds. The van der Waals surface area contributed by atoms with Crippen LogP contribution in [0.4, 0.5) is 13.2 Å². The van der Waals surface area contributed by atoms with Gasteiger partial charge in [-0.15, -0.1) is 0 Å². The van der Waals surface area contributed by atoms with Gasteiger partial charge >= 0.3 is 6.18 Å². The van der Waals surface area contributed by atoms with E-state index in [2.05, 4.69) is 0 Å². The van der Waals surface area contributed by atoms with Gasteiger partial charge < -0.3 is 10.0 Å². The molecule has 0 heterocycles. The number of rotatable bonds is 3. The van der Waals surface area contributed by atoms with Gasteiger partial charge in [0, 0.05) is 13.1 Å². The molecule has 0 radical (unpaired) electrons. The van der Waals surface area contributed by atoms with Crippen molar-refractivity contribution in [2.75, 3.05) is 7.05 Å². The molecule has 1 fully saturated rings. The van der Waals surface area contributed by atoms with Gasteiger partial charge in [0.05, 0.1) is 5.92 Å². The minimum Gasteiger partial charge on any atom is -0.376 e. The normalized spacial score (nSPS) is 25.7. The molecule has 6 heteroatoms. The van der Waals surface area contributed by atoms with Crippen LogP contribution in [-0.4, -0.2) is 40.8 Å². The molecule has 3 nitrogen and oxygen atoms in total. The van der Waals surface area contributed by atoms with Gasteiger partial charge in [-0.05, 0) is 31.8 Å². The lowest BCUT2D eigenvalue weighted by Crippen LogP contribution is -2.44. The average molecular weight is 331 g/mol. The van der Waals surface area contributed by atoms with E-state index in [0.717, 1.165) is 32.6 Å². The summed E-state index contributed by atoms with van der Waals surface area (Å²) in [5, 5.41) is 9.67. The quantitative estimate of drug-likeness (QED) is 0.858. The van der Waals surface area contributed by atoms with Crippen LogP contribution in [0.1, 0.15) is 45.4 Å². The van der Waals surface area contributed by atoms with Crippen molar-refractivity contribution in [1.82, 2.24) is 4.90 Å². The highest BCUT2D eigenvalue weighted by Crippen LogP contribution is 2.38. The second-order valence-electron chi connectivity index (χ2n) is 6.67. The molecule has 0 bridgehead atoms. The molecule has 0 aromatic heterocycles. The van der Waals surface area contributed by atoms with Crippen molar-refractivity contribution >= 4 is 5.91 Å². The number of carbonyl (C=O) groups is 1. The van der Waals surface area contributed by atoms with Gasteiger partial charge in [0.15, 0.2) is 5.60 Å². The molecule has 2 atom stereocenters. The fourth-order valence-corrected chi connectivity index (χ4v) is 3.24. The standard InChI is InChI=1S/C17H24F3NO2/c1-16(23,17(18,19)20)13-10-8-12(9-11-13)15(22)21(2)14-6-4-3-5-7-14/h8,10-12,14,23H,3-7,9H2,1-2H3. The Morgan fingerprint density at radius 2 is 1.87 bits per heavy atom. The van der Waals surface area contributed by atoms with Crippen molar-refractivity contribution in [3.63, 3.8) is 0 Å². The summed E-state index contributed by atoms with van der Waals surface area (Å²) in [5.74, 6) is -0.509. The smallest absolute Gasteiger partial charge is 0.376 e. The first kappa shape index (κ1) is 18.0. The number of nitrogens with zero attached hydrogens (tertiary/aromatic N) is 1. The Morgan fingerprint density at radius 1 is 1.26 bits per heavy atom. The Labute approximate surface area is 134 Å². The van der Waals surface area contributed by atoms with E-state index in [1.807, 2.05) is 0 Å². The summed E-state index contributed by atoms with van der Waals surface area (Å²) in [7, 11) is 1.78. The van der Waals surface area contributed by atoms with Crippen LogP contribution in [0.15, 0.2) is 23.8 Å². The van der Waals surface area contributed by atoms with Crippen LogP contribution in [0.2, 0.25) is 0 Å². The summed E-state index contributed by atoms with van der Waals surface area (Å²) in [6.45, 7) is 0.736. The number of hydrogen-bond acceptors (Lipinski definition) is 2. The lowest BCUT2D eigenvalue weighted by molar-refractivity contribution is -0.235. The first-order chi connectivity index (χ1) is 10.6. The maximum absolute atomic E-state index is 12.8. The van der Waals surface area contributed by atoms with Crippen molar-refractivity contribution in [3.05, 3.63) is 23.8 Å². The fourth-order valence-electron chi connectivity index (χ4n) is 3.24. The zero-order chi connectivity index (χ0) is 17.3. The molecule has 2 aliphatic carbocycles. The number of carbonyl (C=O) groups excluding carboxylic acids is 1. The zero-order valence-corrected chi connectivity index (χ0v) is 13.6. The van der Waals surface area contributed by atoms with E-state index in [1.54, 1.807) is 11.9 Å². The van der Waals surface area contributed by atoms with E-state index < -0.39 is 17.7 Å². The van der Waals surface area contributed by atoms with Gasteiger partial charge in [-0.2, -0.15) is 13.2 Å². The minimum atomic E-state index is -4.74. The zero-order valence-electron chi connectivity index (χ0n) is 13.6. The first-order valence-corrected chi connectivity index (χ1v) is 8.09. The second kappa shape index (κ2) is 6.67. The van der Waals surface area contributed by atoms with Crippen molar-refractivity contribution < 1.29 is 23.1 Å². The van der Waals surface area contributed by atoms with Gasteiger partial charge in [-0.25, -0.2) is 0 Å².